The van der Waals surface area contributed by atoms with Crippen LogP contribution in [0.4, 0.5) is 4.79 Å². The van der Waals surface area contributed by atoms with Crippen molar-refractivity contribution in [2.75, 3.05) is 26.2 Å². The van der Waals surface area contributed by atoms with Crippen LogP contribution in [0.1, 0.15) is 51.0 Å². The van der Waals surface area contributed by atoms with Gasteiger partial charge in [-0.2, -0.15) is 0 Å². The van der Waals surface area contributed by atoms with Crippen molar-refractivity contribution in [3.05, 3.63) is 36.0 Å². The van der Waals surface area contributed by atoms with Gasteiger partial charge in [0.15, 0.2) is 0 Å². The molecule has 2 aromatic rings. The van der Waals surface area contributed by atoms with Gasteiger partial charge < -0.3 is 15.0 Å². The van der Waals surface area contributed by atoms with Gasteiger partial charge in [0.2, 0.25) is 0 Å². The van der Waals surface area contributed by atoms with E-state index in [1.807, 2.05) is 0 Å². The van der Waals surface area contributed by atoms with Crippen LogP contribution in [-0.4, -0.2) is 64.6 Å². The Hall–Kier alpha value is -2.38. The molecule has 3 fully saturated rings. The van der Waals surface area contributed by atoms with Crippen LogP contribution in [0.3, 0.4) is 0 Å². The Morgan fingerprint density at radius 1 is 1.16 bits per heavy atom. The number of aromatic nitrogens is 1. The Kier molecular flexibility index (Phi) is 5.95. The van der Waals surface area contributed by atoms with Crippen LogP contribution in [0, 0.1) is 5.92 Å². The van der Waals surface area contributed by atoms with E-state index in [9.17, 15) is 9.59 Å². The van der Waals surface area contributed by atoms with Crippen molar-refractivity contribution < 1.29 is 14.3 Å². The van der Waals surface area contributed by atoms with Crippen molar-refractivity contribution in [2.24, 2.45) is 5.92 Å². The molecule has 172 valence electrons. The third-order valence-corrected chi connectivity index (χ3v) is 7.61. The summed E-state index contributed by atoms with van der Waals surface area (Å²) in [4.78, 5) is 33.7. The molecule has 4 heterocycles. The predicted octanol–water partition coefficient (Wildman–Crippen LogP) is 3.65. The maximum absolute atomic E-state index is 13.6. The lowest BCUT2D eigenvalue weighted by molar-refractivity contribution is -0.135. The van der Waals surface area contributed by atoms with E-state index < -0.39 is 5.54 Å². The third-order valence-electron chi connectivity index (χ3n) is 7.61. The van der Waals surface area contributed by atoms with E-state index in [4.69, 9.17) is 4.74 Å². The number of carbonyl (C=O) groups is 2. The largest absolute Gasteiger partial charge is 0.376 e. The third kappa shape index (κ3) is 3.82. The normalized spacial score (nSPS) is 27.5. The van der Waals surface area contributed by atoms with Crippen molar-refractivity contribution in [3.8, 4) is 0 Å². The zero-order chi connectivity index (χ0) is 22.1. The number of rotatable bonds is 7. The van der Waals surface area contributed by atoms with E-state index in [1.54, 1.807) is 0 Å². The fourth-order valence-electron chi connectivity index (χ4n) is 5.93. The van der Waals surface area contributed by atoms with Crippen molar-refractivity contribution in [2.45, 2.75) is 63.6 Å². The number of likely N-dealkylation sites (tertiary alicyclic amines) is 1. The summed E-state index contributed by atoms with van der Waals surface area (Å²) in [6.07, 6.45) is 7.43. The number of nitrogens with one attached hydrogen (secondary N) is 2. The summed E-state index contributed by atoms with van der Waals surface area (Å²) < 4.78 is 5.70. The molecule has 1 aromatic heterocycles. The number of H-pyrrole nitrogens is 1. The van der Waals surface area contributed by atoms with E-state index >= 15 is 0 Å². The van der Waals surface area contributed by atoms with Gasteiger partial charge in [0, 0.05) is 30.3 Å². The predicted molar refractivity (Wildman–Crippen MR) is 123 cm³/mol. The molecule has 0 saturated carbocycles. The van der Waals surface area contributed by atoms with E-state index in [0.717, 1.165) is 58.3 Å². The smallest absolute Gasteiger partial charge is 0.325 e. The summed E-state index contributed by atoms with van der Waals surface area (Å²) in [6, 6.07) is 8.17. The number of nitrogens with zero attached hydrogens (tertiary/aromatic N) is 2. The average Bonchev–Trinajstić information content (AvgIpc) is 3.52. The monoisotopic (exact) mass is 438 g/mol. The van der Waals surface area contributed by atoms with Crippen LogP contribution in [0.25, 0.3) is 10.9 Å². The summed E-state index contributed by atoms with van der Waals surface area (Å²) >= 11 is 0. The van der Waals surface area contributed by atoms with Gasteiger partial charge in [-0.25, -0.2) is 4.79 Å². The van der Waals surface area contributed by atoms with Crippen molar-refractivity contribution in [3.63, 3.8) is 0 Å². The number of imide groups is 1. The highest BCUT2D eigenvalue weighted by atomic mass is 16.5. The Balaban J connectivity index is 1.26. The topological polar surface area (TPSA) is 77.7 Å². The van der Waals surface area contributed by atoms with Crippen LogP contribution in [0.2, 0.25) is 0 Å². The molecule has 0 radical (unpaired) electrons. The lowest BCUT2D eigenvalue weighted by atomic mass is 9.74. The molecule has 3 amide bonds. The number of amides is 3. The minimum Gasteiger partial charge on any atom is -0.376 e. The molecule has 0 spiro atoms. The molecule has 5 rings (SSSR count). The van der Waals surface area contributed by atoms with Crippen molar-refractivity contribution >= 4 is 22.8 Å². The average molecular weight is 439 g/mol. The zero-order valence-electron chi connectivity index (χ0n) is 18.9. The first kappa shape index (κ1) is 21.5. The van der Waals surface area contributed by atoms with Crippen LogP contribution in [-0.2, 0) is 16.1 Å². The maximum Gasteiger partial charge on any atom is 0.325 e. The van der Waals surface area contributed by atoms with E-state index in [0.29, 0.717) is 13.0 Å². The van der Waals surface area contributed by atoms with E-state index in [1.165, 1.54) is 21.4 Å². The van der Waals surface area contributed by atoms with Crippen LogP contribution in [0.5, 0.6) is 0 Å². The van der Waals surface area contributed by atoms with Gasteiger partial charge in [0.05, 0.1) is 12.6 Å². The quantitative estimate of drug-likeness (QED) is 0.647. The fourth-order valence-corrected chi connectivity index (χ4v) is 5.93. The number of carbonyl (C=O) groups excluding carboxylic acids is 2. The van der Waals surface area contributed by atoms with Gasteiger partial charge in [0.1, 0.15) is 5.54 Å². The molecule has 2 atom stereocenters. The molecule has 7 nitrogen and oxygen atoms in total. The number of aromatic amines is 1. The molecule has 2 unspecified atom stereocenters. The molecule has 3 aliphatic heterocycles. The fraction of sp³-hybridized carbons (Fsp3) is 0.600. The molecule has 0 bridgehead atoms. The lowest BCUT2D eigenvalue weighted by Crippen LogP contribution is -2.56. The molecule has 3 aliphatic rings. The maximum atomic E-state index is 13.6. The Morgan fingerprint density at radius 2 is 1.97 bits per heavy atom. The molecule has 3 saturated heterocycles. The molecular weight excluding hydrogens is 404 g/mol. The van der Waals surface area contributed by atoms with Crippen LogP contribution < -0.4 is 5.32 Å². The number of urea groups is 1. The molecule has 2 N–H and O–H groups in total. The standard InChI is InChI=1S/C25H34N4O3/c1-2-11-25(23(30)29(24(31)27-25)17-20-6-5-14-32-20)19-9-12-28(13-10-19)16-18-15-26-22-8-4-3-7-21(18)22/h3-4,7-8,15,19-20,26H,2,5-6,9-14,16-17H2,1H3,(H,27,31). The zero-order valence-corrected chi connectivity index (χ0v) is 18.9. The van der Waals surface area contributed by atoms with Gasteiger partial charge in [-0.1, -0.05) is 31.5 Å². The Morgan fingerprint density at radius 3 is 2.72 bits per heavy atom. The number of benzene rings is 1. The minimum atomic E-state index is -0.753. The molecular formula is C25H34N4O3. The first-order chi connectivity index (χ1) is 15.6. The highest BCUT2D eigenvalue weighted by molar-refractivity contribution is 6.07. The summed E-state index contributed by atoms with van der Waals surface area (Å²) in [5.41, 5.74) is 1.73. The van der Waals surface area contributed by atoms with Gasteiger partial charge >= 0.3 is 6.03 Å². The minimum absolute atomic E-state index is 0.0138. The lowest BCUT2D eigenvalue weighted by Gasteiger charge is -2.41. The second-order valence-electron chi connectivity index (χ2n) is 9.61. The summed E-state index contributed by atoms with van der Waals surface area (Å²) in [5, 5.41) is 4.43. The summed E-state index contributed by atoms with van der Waals surface area (Å²) in [6.45, 7) is 5.98. The Bertz CT molecular complexity index is 974. The van der Waals surface area contributed by atoms with Crippen molar-refractivity contribution in [1.82, 2.24) is 20.1 Å². The highest BCUT2D eigenvalue weighted by Crippen LogP contribution is 2.38. The number of ether oxygens (including phenoxy) is 1. The van der Waals surface area contributed by atoms with Gasteiger partial charge in [-0.3, -0.25) is 14.6 Å². The second kappa shape index (κ2) is 8.87. The number of para-hydroxylation sites is 1. The SMILES string of the molecule is CCCC1(C2CCN(Cc3c[nH]c4ccccc34)CC2)NC(=O)N(CC2CCCO2)C1=O. The van der Waals surface area contributed by atoms with E-state index in [-0.39, 0.29) is 24.0 Å². The second-order valence-corrected chi connectivity index (χ2v) is 9.61. The number of hydrogen-bond acceptors (Lipinski definition) is 4. The van der Waals surface area contributed by atoms with Crippen LogP contribution in [0.15, 0.2) is 30.5 Å². The first-order valence-corrected chi connectivity index (χ1v) is 12.1. The van der Waals surface area contributed by atoms with Gasteiger partial charge in [-0.05, 0) is 62.7 Å². The van der Waals surface area contributed by atoms with E-state index in [2.05, 4.69) is 52.6 Å². The van der Waals surface area contributed by atoms with Gasteiger partial charge in [0.25, 0.3) is 5.91 Å². The summed E-state index contributed by atoms with van der Waals surface area (Å²) in [5.74, 6) is 0.141. The summed E-state index contributed by atoms with van der Waals surface area (Å²) in [7, 11) is 0. The number of hydrogen-bond donors (Lipinski definition) is 2. The molecule has 0 aliphatic carbocycles. The molecule has 32 heavy (non-hydrogen) atoms. The molecule has 1 aromatic carbocycles. The van der Waals surface area contributed by atoms with Crippen LogP contribution >= 0.6 is 0 Å². The Labute approximate surface area is 189 Å². The highest BCUT2D eigenvalue weighted by Gasteiger charge is 2.55. The number of piperidine rings is 1. The van der Waals surface area contributed by atoms with Gasteiger partial charge in [-0.15, -0.1) is 0 Å². The number of fused-ring (bicyclic) bond motifs is 1. The van der Waals surface area contributed by atoms with Crippen molar-refractivity contribution in [1.29, 1.82) is 0 Å². The first-order valence-electron chi connectivity index (χ1n) is 12.1. The molecule has 7 heteroatoms.